The molecule has 4 rings (SSSR count). The summed E-state index contributed by atoms with van der Waals surface area (Å²) in [6, 6.07) is 5.57. The molecule has 9 heteroatoms. The summed E-state index contributed by atoms with van der Waals surface area (Å²) in [6.07, 6.45) is 1.21. The van der Waals surface area contributed by atoms with Crippen LogP contribution in [-0.4, -0.2) is 39.3 Å². The van der Waals surface area contributed by atoms with E-state index in [1.165, 1.54) is 0 Å². The van der Waals surface area contributed by atoms with Gasteiger partial charge in [-0.3, -0.25) is 14.4 Å². The highest BCUT2D eigenvalue weighted by molar-refractivity contribution is 6.30. The Morgan fingerprint density at radius 1 is 1.23 bits per heavy atom. The number of amides is 2. The minimum atomic E-state index is -0.377. The SMILES string of the molecule is CCOC(=O)[C@@H]1C[C@H]1C(=O)N1Cc2ccc(NC(=O)c3nc(Cl)c(CC)[nH]3)cc2C1. The molecular formula is C21H23ClN4O4. The van der Waals surface area contributed by atoms with E-state index in [1.54, 1.807) is 17.9 Å². The number of nitrogens with one attached hydrogen (secondary N) is 2. The third-order valence-corrected chi connectivity index (χ3v) is 5.80. The average molecular weight is 431 g/mol. The van der Waals surface area contributed by atoms with E-state index in [0.717, 1.165) is 11.1 Å². The number of H-pyrrole nitrogens is 1. The molecule has 1 aliphatic heterocycles. The second kappa shape index (κ2) is 8.10. The molecule has 2 amide bonds. The zero-order valence-electron chi connectivity index (χ0n) is 16.8. The normalized spacial score (nSPS) is 19.4. The number of fused-ring (bicyclic) bond motifs is 1. The zero-order valence-corrected chi connectivity index (χ0v) is 17.6. The van der Waals surface area contributed by atoms with Gasteiger partial charge in [0.15, 0.2) is 11.0 Å². The highest BCUT2D eigenvalue weighted by atomic mass is 35.5. The van der Waals surface area contributed by atoms with Crippen LogP contribution in [0.1, 0.15) is 47.7 Å². The van der Waals surface area contributed by atoms with E-state index in [2.05, 4.69) is 15.3 Å². The molecule has 1 saturated carbocycles. The topological polar surface area (TPSA) is 104 Å². The summed E-state index contributed by atoms with van der Waals surface area (Å²) in [6.45, 7) is 4.96. The van der Waals surface area contributed by atoms with E-state index in [9.17, 15) is 14.4 Å². The Morgan fingerprint density at radius 2 is 2.00 bits per heavy atom. The highest BCUT2D eigenvalue weighted by Gasteiger charge is 2.51. The number of benzene rings is 1. The molecule has 0 spiro atoms. The van der Waals surface area contributed by atoms with Gasteiger partial charge in [-0.2, -0.15) is 0 Å². The van der Waals surface area contributed by atoms with Gasteiger partial charge in [0.1, 0.15) is 0 Å². The van der Waals surface area contributed by atoms with Gasteiger partial charge in [0, 0.05) is 18.8 Å². The summed E-state index contributed by atoms with van der Waals surface area (Å²) < 4.78 is 5.01. The molecule has 8 nitrogen and oxygen atoms in total. The Kier molecular flexibility index (Phi) is 5.51. The zero-order chi connectivity index (χ0) is 21.4. The second-order valence-electron chi connectivity index (χ2n) is 7.54. The predicted octanol–water partition coefficient (Wildman–Crippen LogP) is 2.92. The maximum Gasteiger partial charge on any atom is 0.309 e. The van der Waals surface area contributed by atoms with Gasteiger partial charge in [-0.05, 0) is 43.0 Å². The molecule has 158 valence electrons. The van der Waals surface area contributed by atoms with Crippen molar-refractivity contribution in [3.05, 3.63) is 46.0 Å². The molecule has 0 saturated heterocycles. The summed E-state index contributed by atoms with van der Waals surface area (Å²) in [7, 11) is 0. The van der Waals surface area contributed by atoms with Crippen LogP contribution >= 0.6 is 11.6 Å². The van der Waals surface area contributed by atoms with Crippen LogP contribution < -0.4 is 5.32 Å². The standard InChI is InChI=1S/C21H23ClN4O4/c1-3-16-17(22)25-18(24-16)19(27)23-13-6-5-11-9-26(10-12(11)7-13)20(28)14-8-15(14)21(29)30-4-2/h5-7,14-15H,3-4,8-10H2,1-2H3,(H,23,27)(H,24,25)/t14-,15-/m1/s1. The van der Waals surface area contributed by atoms with Crippen LogP contribution in [0.5, 0.6) is 0 Å². The van der Waals surface area contributed by atoms with E-state index in [-0.39, 0.29) is 35.4 Å². The van der Waals surface area contributed by atoms with E-state index in [0.29, 0.717) is 49.1 Å². The largest absolute Gasteiger partial charge is 0.466 e. The number of rotatable bonds is 6. The van der Waals surface area contributed by atoms with Gasteiger partial charge in [0.05, 0.1) is 24.1 Å². The maximum absolute atomic E-state index is 12.7. The molecule has 1 aromatic heterocycles. The van der Waals surface area contributed by atoms with Crippen LogP contribution in [0.4, 0.5) is 5.69 Å². The first-order chi connectivity index (χ1) is 14.4. The number of halogens is 1. The molecule has 0 radical (unpaired) electrons. The monoisotopic (exact) mass is 430 g/mol. The Morgan fingerprint density at radius 3 is 2.70 bits per heavy atom. The van der Waals surface area contributed by atoms with Crippen molar-refractivity contribution in [2.24, 2.45) is 11.8 Å². The number of anilines is 1. The fourth-order valence-electron chi connectivity index (χ4n) is 3.76. The summed E-state index contributed by atoms with van der Waals surface area (Å²) in [5.74, 6) is -1.13. The number of ether oxygens (including phenoxy) is 1. The van der Waals surface area contributed by atoms with Gasteiger partial charge in [0.25, 0.3) is 5.91 Å². The number of esters is 1. The van der Waals surface area contributed by atoms with Crippen LogP contribution in [0, 0.1) is 11.8 Å². The molecule has 1 aliphatic carbocycles. The van der Waals surface area contributed by atoms with Crippen molar-refractivity contribution in [3.63, 3.8) is 0 Å². The molecule has 1 aromatic carbocycles. The van der Waals surface area contributed by atoms with Gasteiger partial charge >= 0.3 is 5.97 Å². The van der Waals surface area contributed by atoms with Gasteiger partial charge in [0.2, 0.25) is 5.91 Å². The van der Waals surface area contributed by atoms with Crippen molar-refractivity contribution in [2.75, 3.05) is 11.9 Å². The van der Waals surface area contributed by atoms with Crippen molar-refractivity contribution in [1.29, 1.82) is 0 Å². The Labute approximate surface area is 178 Å². The molecule has 2 N–H and O–H groups in total. The van der Waals surface area contributed by atoms with E-state index in [4.69, 9.17) is 16.3 Å². The number of aryl methyl sites for hydroxylation is 1. The Hall–Kier alpha value is -2.87. The van der Waals surface area contributed by atoms with Gasteiger partial charge in [-0.1, -0.05) is 24.6 Å². The number of hydrogen-bond acceptors (Lipinski definition) is 5. The van der Waals surface area contributed by atoms with Gasteiger partial charge < -0.3 is 19.9 Å². The first-order valence-corrected chi connectivity index (χ1v) is 10.4. The Bertz CT molecular complexity index is 1020. The average Bonchev–Trinajstić information content (AvgIpc) is 3.27. The molecule has 30 heavy (non-hydrogen) atoms. The quantitative estimate of drug-likeness (QED) is 0.685. The van der Waals surface area contributed by atoms with Crippen molar-refractivity contribution in [1.82, 2.24) is 14.9 Å². The first-order valence-electron chi connectivity index (χ1n) is 10.0. The van der Waals surface area contributed by atoms with Crippen LogP contribution in [-0.2, 0) is 33.8 Å². The number of carbonyl (C=O) groups is 3. The van der Waals surface area contributed by atoms with Crippen LogP contribution in [0.25, 0.3) is 0 Å². The molecule has 1 fully saturated rings. The number of carbonyl (C=O) groups excluding carboxylic acids is 3. The van der Waals surface area contributed by atoms with Crippen LogP contribution in [0.3, 0.4) is 0 Å². The first kappa shape index (κ1) is 20.4. The number of hydrogen-bond donors (Lipinski definition) is 2. The smallest absolute Gasteiger partial charge is 0.309 e. The number of aromatic nitrogens is 2. The van der Waals surface area contributed by atoms with E-state index in [1.807, 2.05) is 19.1 Å². The Balaban J connectivity index is 1.39. The fraction of sp³-hybridized carbons (Fsp3) is 0.429. The third-order valence-electron chi connectivity index (χ3n) is 5.49. The van der Waals surface area contributed by atoms with Crippen LogP contribution in [0.15, 0.2) is 18.2 Å². The lowest BCUT2D eigenvalue weighted by molar-refractivity contribution is -0.147. The second-order valence-corrected chi connectivity index (χ2v) is 7.90. The van der Waals surface area contributed by atoms with E-state index < -0.39 is 0 Å². The fourth-order valence-corrected chi connectivity index (χ4v) is 4.03. The molecule has 2 heterocycles. The summed E-state index contributed by atoms with van der Waals surface area (Å²) in [4.78, 5) is 45.7. The van der Waals surface area contributed by atoms with Crippen molar-refractivity contribution in [2.45, 2.75) is 39.8 Å². The van der Waals surface area contributed by atoms with Crippen molar-refractivity contribution < 1.29 is 19.1 Å². The number of aromatic amines is 1. The summed E-state index contributed by atoms with van der Waals surface area (Å²) in [5, 5.41) is 3.11. The summed E-state index contributed by atoms with van der Waals surface area (Å²) in [5.41, 5.74) is 3.34. The van der Waals surface area contributed by atoms with Crippen LogP contribution in [0.2, 0.25) is 5.15 Å². The molecule has 0 bridgehead atoms. The molecule has 0 unspecified atom stereocenters. The number of nitrogens with zero attached hydrogens (tertiary/aromatic N) is 2. The molecule has 2 atom stereocenters. The highest BCUT2D eigenvalue weighted by Crippen LogP contribution is 2.42. The lowest BCUT2D eigenvalue weighted by Gasteiger charge is -2.15. The lowest BCUT2D eigenvalue weighted by atomic mass is 10.1. The minimum Gasteiger partial charge on any atom is -0.466 e. The molecule has 2 aliphatic rings. The van der Waals surface area contributed by atoms with E-state index >= 15 is 0 Å². The molecule has 2 aromatic rings. The molecular weight excluding hydrogens is 408 g/mol. The van der Waals surface area contributed by atoms with Gasteiger partial charge in [-0.25, -0.2) is 4.98 Å². The maximum atomic E-state index is 12.7. The lowest BCUT2D eigenvalue weighted by Crippen LogP contribution is -2.28. The minimum absolute atomic E-state index is 0.0211. The third kappa shape index (κ3) is 3.92. The number of imidazole rings is 1. The summed E-state index contributed by atoms with van der Waals surface area (Å²) >= 11 is 6.00. The predicted molar refractivity (Wildman–Crippen MR) is 110 cm³/mol. The van der Waals surface area contributed by atoms with Gasteiger partial charge in [-0.15, -0.1) is 0 Å². The van der Waals surface area contributed by atoms with Crippen molar-refractivity contribution in [3.8, 4) is 0 Å². The van der Waals surface area contributed by atoms with Crippen molar-refractivity contribution >= 4 is 35.1 Å².